The van der Waals surface area contributed by atoms with E-state index in [0.717, 1.165) is 6.04 Å². The van der Waals surface area contributed by atoms with Crippen molar-refractivity contribution in [1.82, 2.24) is 15.2 Å². The van der Waals surface area contributed by atoms with E-state index in [-0.39, 0.29) is 0 Å². The molecule has 1 N–H and O–H groups in total. The minimum absolute atomic E-state index is 0.433. The summed E-state index contributed by atoms with van der Waals surface area (Å²) in [5, 5.41) is 3.74. The second-order valence-corrected chi connectivity index (χ2v) is 5.38. The third-order valence-electron chi connectivity index (χ3n) is 3.97. The predicted molar refractivity (Wildman–Crippen MR) is 68.8 cm³/mol. The molecule has 2 fully saturated rings. The van der Waals surface area contributed by atoms with Gasteiger partial charge in [0.15, 0.2) is 0 Å². The summed E-state index contributed by atoms with van der Waals surface area (Å²) in [6.45, 7) is 4.76. The number of aromatic nitrogens is 1. The van der Waals surface area contributed by atoms with E-state index in [1.165, 1.54) is 37.9 Å². The van der Waals surface area contributed by atoms with Crippen molar-refractivity contribution in [1.29, 1.82) is 0 Å². The van der Waals surface area contributed by atoms with Crippen LogP contribution in [0, 0.1) is 0 Å². The summed E-state index contributed by atoms with van der Waals surface area (Å²) in [4.78, 5) is 6.72. The maximum atomic E-state index is 4.07. The molecule has 1 saturated heterocycles. The van der Waals surface area contributed by atoms with Crippen LogP contribution in [0.4, 0.5) is 0 Å². The quantitative estimate of drug-likeness (QED) is 0.858. The van der Waals surface area contributed by atoms with Gasteiger partial charge in [0.1, 0.15) is 0 Å². The molecule has 17 heavy (non-hydrogen) atoms. The smallest absolute Gasteiger partial charge is 0.0296 e. The fourth-order valence-electron chi connectivity index (χ4n) is 2.80. The van der Waals surface area contributed by atoms with Gasteiger partial charge in [0, 0.05) is 43.6 Å². The molecule has 1 aliphatic carbocycles. The van der Waals surface area contributed by atoms with Gasteiger partial charge in [-0.15, -0.1) is 0 Å². The molecule has 1 unspecified atom stereocenters. The van der Waals surface area contributed by atoms with Gasteiger partial charge in [-0.25, -0.2) is 0 Å². The molecule has 92 valence electrons. The van der Waals surface area contributed by atoms with Gasteiger partial charge in [-0.3, -0.25) is 9.88 Å². The van der Waals surface area contributed by atoms with E-state index in [4.69, 9.17) is 0 Å². The average molecular weight is 231 g/mol. The fraction of sp³-hybridized carbons (Fsp3) is 0.643. The number of nitrogens with zero attached hydrogens (tertiary/aromatic N) is 2. The Morgan fingerprint density at radius 1 is 1.29 bits per heavy atom. The summed E-state index contributed by atoms with van der Waals surface area (Å²) in [6.07, 6.45) is 7.89. The Labute approximate surface area is 103 Å². The Bertz CT molecular complexity index is 361. The largest absolute Gasteiger partial charge is 0.306 e. The molecule has 2 aliphatic rings. The lowest BCUT2D eigenvalue weighted by Crippen LogP contribution is -2.34. The number of pyridine rings is 1. The number of rotatable bonds is 4. The van der Waals surface area contributed by atoms with Gasteiger partial charge in [-0.1, -0.05) is 0 Å². The second-order valence-electron chi connectivity index (χ2n) is 5.38. The number of hydrogen-bond acceptors (Lipinski definition) is 3. The highest BCUT2D eigenvalue weighted by Crippen LogP contribution is 2.30. The van der Waals surface area contributed by atoms with Gasteiger partial charge >= 0.3 is 0 Å². The molecule has 0 amide bonds. The van der Waals surface area contributed by atoms with Crippen LogP contribution >= 0.6 is 0 Å². The first-order valence-electron chi connectivity index (χ1n) is 6.73. The molecule has 0 bridgehead atoms. The molecule has 1 aliphatic heterocycles. The summed E-state index contributed by atoms with van der Waals surface area (Å²) in [5.74, 6) is 0. The van der Waals surface area contributed by atoms with Crippen molar-refractivity contribution in [2.45, 2.75) is 44.3 Å². The van der Waals surface area contributed by atoms with Crippen molar-refractivity contribution in [2.75, 3.05) is 13.1 Å². The first-order valence-corrected chi connectivity index (χ1v) is 6.73. The van der Waals surface area contributed by atoms with Gasteiger partial charge in [0.2, 0.25) is 0 Å². The number of nitrogens with one attached hydrogen (secondary N) is 1. The van der Waals surface area contributed by atoms with E-state index >= 15 is 0 Å². The highest BCUT2D eigenvalue weighted by molar-refractivity contribution is 5.14. The van der Waals surface area contributed by atoms with Gasteiger partial charge in [-0.2, -0.15) is 0 Å². The third-order valence-corrected chi connectivity index (χ3v) is 3.97. The minimum Gasteiger partial charge on any atom is -0.306 e. The summed E-state index contributed by atoms with van der Waals surface area (Å²) < 4.78 is 0. The highest BCUT2D eigenvalue weighted by Gasteiger charge is 2.34. The summed E-state index contributed by atoms with van der Waals surface area (Å²) >= 11 is 0. The molecule has 3 rings (SSSR count). The Morgan fingerprint density at radius 2 is 2.06 bits per heavy atom. The second kappa shape index (κ2) is 4.75. The van der Waals surface area contributed by atoms with Crippen LogP contribution in [0.15, 0.2) is 24.5 Å². The van der Waals surface area contributed by atoms with Gasteiger partial charge < -0.3 is 5.32 Å². The van der Waals surface area contributed by atoms with Crippen molar-refractivity contribution in [3.63, 3.8) is 0 Å². The van der Waals surface area contributed by atoms with Crippen LogP contribution in [0.3, 0.4) is 0 Å². The number of hydrogen-bond donors (Lipinski definition) is 1. The molecular weight excluding hydrogens is 210 g/mol. The van der Waals surface area contributed by atoms with Crippen LogP contribution in [0.25, 0.3) is 0 Å². The molecule has 1 aromatic rings. The molecule has 3 nitrogen and oxygen atoms in total. The maximum absolute atomic E-state index is 4.07. The zero-order chi connectivity index (χ0) is 11.7. The summed E-state index contributed by atoms with van der Waals surface area (Å²) in [7, 11) is 0. The highest BCUT2D eigenvalue weighted by atomic mass is 15.2. The zero-order valence-electron chi connectivity index (χ0n) is 10.5. The van der Waals surface area contributed by atoms with E-state index in [2.05, 4.69) is 34.3 Å². The number of likely N-dealkylation sites (tertiary alicyclic amines) is 1. The Kier molecular flexibility index (Phi) is 3.12. The predicted octanol–water partition coefficient (Wildman–Crippen LogP) is 1.97. The first kappa shape index (κ1) is 11.2. The summed E-state index contributed by atoms with van der Waals surface area (Å²) in [6, 6.07) is 6.22. The van der Waals surface area contributed by atoms with Crippen molar-refractivity contribution >= 4 is 0 Å². The van der Waals surface area contributed by atoms with E-state index in [1.54, 1.807) is 0 Å². The molecule has 0 radical (unpaired) electrons. The molecule has 1 aromatic heterocycles. The summed E-state index contributed by atoms with van der Waals surface area (Å²) in [5.41, 5.74) is 1.34. The van der Waals surface area contributed by atoms with Crippen LogP contribution in [-0.2, 0) is 0 Å². The minimum atomic E-state index is 0.433. The van der Waals surface area contributed by atoms with Crippen LogP contribution in [0.2, 0.25) is 0 Å². The Balaban J connectivity index is 1.53. The van der Waals surface area contributed by atoms with E-state index in [1.807, 2.05) is 12.4 Å². The molecule has 2 heterocycles. The zero-order valence-corrected chi connectivity index (χ0v) is 10.5. The first-order chi connectivity index (χ1) is 8.33. The van der Waals surface area contributed by atoms with E-state index in [0.29, 0.717) is 12.1 Å². The Morgan fingerprint density at radius 3 is 2.76 bits per heavy atom. The van der Waals surface area contributed by atoms with Gasteiger partial charge in [0.05, 0.1) is 0 Å². The third kappa shape index (κ3) is 2.67. The molecule has 2 atom stereocenters. The molecule has 1 saturated carbocycles. The van der Waals surface area contributed by atoms with Crippen molar-refractivity contribution in [3.8, 4) is 0 Å². The van der Waals surface area contributed by atoms with E-state index in [9.17, 15) is 0 Å². The molecular formula is C14H21N3. The fourth-order valence-corrected chi connectivity index (χ4v) is 2.80. The lowest BCUT2D eigenvalue weighted by atomic mass is 10.1. The standard InChI is InChI=1S/C14H21N3/c1-11(12-4-7-15-8-5-12)16-13-6-9-17(10-13)14-2-3-14/h4-5,7-8,11,13-14,16H,2-3,6,9-10H2,1H3/t11-,13?/m1/s1. The maximum Gasteiger partial charge on any atom is 0.0296 e. The van der Waals surface area contributed by atoms with Crippen LogP contribution in [-0.4, -0.2) is 35.1 Å². The van der Waals surface area contributed by atoms with Crippen molar-refractivity contribution < 1.29 is 0 Å². The normalized spacial score (nSPS) is 27.2. The van der Waals surface area contributed by atoms with Gasteiger partial charge in [-0.05, 0) is 43.9 Å². The molecule has 0 aromatic carbocycles. The average Bonchev–Trinajstić information content (AvgIpc) is 3.12. The van der Waals surface area contributed by atoms with Gasteiger partial charge in [0.25, 0.3) is 0 Å². The van der Waals surface area contributed by atoms with E-state index < -0.39 is 0 Å². The SMILES string of the molecule is C[C@@H](NC1CCN(C2CC2)C1)c1ccncc1. The lowest BCUT2D eigenvalue weighted by Gasteiger charge is -2.20. The monoisotopic (exact) mass is 231 g/mol. The lowest BCUT2D eigenvalue weighted by molar-refractivity contribution is 0.313. The Hall–Kier alpha value is -0.930. The topological polar surface area (TPSA) is 28.2 Å². The van der Waals surface area contributed by atoms with Crippen molar-refractivity contribution in [2.24, 2.45) is 0 Å². The van der Waals surface area contributed by atoms with Crippen LogP contribution in [0.5, 0.6) is 0 Å². The molecule has 0 spiro atoms. The van der Waals surface area contributed by atoms with Crippen LogP contribution < -0.4 is 5.32 Å². The van der Waals surface area contributed by atoms with Crippen LogP contribution in [0.1, 0.15) is 37.8 Å². The van der Waals surface area contributed by atoms with Crippen molar-refractivity contribution in [3.05, 3.63) is 30.1 Å². The molecule has 3 heteroatoms.